The molecule has 0 unspecified atom stereocenters. The third-order valence-electron chi connectivity index (χ3n) is 3.86. The standard InChI is InChI=1S/C15H16N4O3S/c1-10-7-18(13-3-2-11(6-16-13)15(21)22)4-5-19(10)14(20)12-8-23-9-17-12/h2-3,6,8-10H,4-5,7H2,1H3,(H,21,22)/t10-/m0/s1. The number of carboxylic acid groups (broad SMARTS) is 1. The summed E-state index contributed by atoms with van der Waals surface area (Å²) >= 11 is 1.41. The molecule has 2 aromatic rings. The van der Waals surface area contributed by atoms with Gasteiger partial charge in [0.15, 0.2) is 0 Å². The van der Waals surface area contributed by atoms with E-state index < -0.39 is 5.97 Å². The van der Waals surface area contributed by atoms with Gasteiger partial charge in [0.1, 0.15) is 11.5 Å². The summed E-state index contributed by atoms with van der Waals surface area (Å²) in [5.41, 5.74) is 2.31. The molecule has 8 heteroatoms. The number of carboxylic acids is 1. The summed E-state index contributed by atoms with van der Waals surface area (Å²) in [6.45, 7) is 3.87. The lowest BCUT2D eigenvalue weighted by molar-refractivity contribution is 0.0664. The monoisotopic (exact) mass is 332 g/mol. The molecule has 1 atom stereocenters. The highest BCUT2D eigenvalue weighted by Gasteiger charge is 2.29. The first-order valence-corrected chi connectivity index (χ1v) is 8.14. The number of carbonyl (C=O) groups excluding carboxylic acids is 1. The molecule has 7 nitrogen and oxygen atoms in total. The molecule has 0 spiro atoms. The van der Waals surface area contributed by atoms with Crippen LogP contribution in [0, 0.1) is 0 Å². The number of anilines is 1. The number of rotatable bonds is 3. The molecule has 1 amide bonds. The molecule has 3 heterocycles. The van der Waals surface area contributed by atoms with Crippen molar-refractivity contribution in [3.8, 4) is 0 Å². The van der Waals surface area contributed by atoms with Gasteiger partial charge in [0.25, 0.3) is 5.91 Å². The quantitative estimate of drug-likeness (QED) is 0.918. The van der Waals surface area contributed by atoms with Crippen molar-refractivity contribution in [1.29, 1.82) is 0 Å². The first kappa shape index (κ1) is 15.4. The highest BCUT2D eigenvalue weighted by molar-refractivity contribution is 7.07. The van der Waals surface area contributed by atoms with Crippen LogP contribution in [0.25, 0.3) is 0 Å². The van der Waals surface area contributed by atoms with Crippen LogP contribution >= 0.6 is 11.3 Å². The van der Waals surface area contributed by atoms with Gasteiger partial charge < -0.3 is 14.9 Å². The maximum atomic E-state index is 12.4. The van der Waals surface area contributed by atoms with E-state index in [-0.39, 0.29) is 17.5 Å². The maximum Gasteiger partial charge on any atom is 0.337 e. The summed E-state index contributed by atoms with van der Waals surface area (Å²) in [4.78, 5) is 35.4. The number of hydrogen-bond acceptors (Lipinski definition) is 6. The molecular formula is C15H16N4O3S. The molecule has 0 aromatic carbocycles. The van der Waals surface area contributed by atoms with Crippen LogP contribution in [0.5, 0.6) is 0 Å². The molecule has 0 saturated carbocycles. The first-order valence-electron chi connectivity index (χ1n) is 7.19. The fraction of sp³-hybridized carbons (Fsp3) is 0.333. The maximum absolute atomic E-state index is 12.4. The van der Waals surface area contributed by atoms with Gasteiger partial charge >= 0.3 is 5.97 Å². The van der Waals surface area contributed by atoms with E-state index in [4.69, 9.17) is 5.11 Å². The highest BCUT2D eigenvalue weighted by atomic mass is 32.1. The zero-order valence-electron chi connectivity index (χ0n) is 12.5. The minimum atomic E-state index is -0.990. The average Bonchev–Trinajstić information content (AvgIpc) is 3.08. The summed E-state index contributed by atoms with van der Waals surface area (Å²) in [6.07, 6.45) is 1.36. The van der Waals surface area contributed by atoms with E-state index >= 15 is 0 Å². The Labute approximate surface area is 137 Å². The third kappa shape index (κ3) is 3.16. The fourth-order valence-corrected chi connectivity index (χ4v) is 3.16. The molecule has 120 valence electrons. The zero-order valence-corrected chi connectivity index (χ0v) is 13.4. The van der Waals surface area contributed by atoms with Gasteiger partial charge in [0.2, 0.25) is 0 Å². The molecule has 1 aliphatic rings. The SMILES string of the molecule is C[C@H]1CN(c2ccc(C(=O)O)cn2)CCN1C(=O)c1cscn1. The number of aromatic carboxylic acids is 1. The second kappa shape index (κ2) is 6.33. The van der Waals surface area contributed by atoms with E-state index in [2.05, 4.69) is 14.9 Å². The Kier molecular flexibility index (Phi) is 4.24. The predicted molar refractivity (Wildman–Crippen MR) is 86.0 cm³/mol. The second-order valence-corrected chi connectivity index (χ2v) is 6.10. The highest BCUT2D eigenvalue weighted by Crippen LogP contribution is 2.19. The smallest absolute Gasteiger partial charge is 0.337 e. The summed E-state index contributed by atoms with van der Waals surface area (Å²) < 4.78 is 0. The van der Waals surface area contributed by atoms with Crippen molar-refractivity contribution in [3.05, 3.63) is 40.5 Å². The van der Waals surface area contributed by atoms with Gasteiger partial charge in [0.05, 0.1) is 11.1 Å². The van der Waals surface area contributed by atoms with Crippen molar-refractivity contribution in [2.24, 2.45) is 0 Å². The number of carbonyl (C=O) groups is 2. The lowest BCUT2D eigenvalue weighted by atomic mass is 10.1. The number of aromatic nitrogens is 2. The van der Waals surface area contributed by atoms with Crippen LogP contribution in [-0.2, 0) is 0 Å². The Bertz CT molecular complexity index is 702. The van der Waals surface area contributed by atoms with Crippen molar-refractivity contribution in [3.63, 3.8) is 0 Å². The Balaban J connectivity index is 1.68. The topological polar surface area (TPSA) is 86.6 Å². The van der Waals surface area contributed by atoms with Crippen LogP contribution in [0.1, 0.15) is 27.8 Å². The Morgan fingerprint density at radius 1 is 1.30 bits per heavy atom. The average molecular weight is 332 g/mol. The number of piperazine rings is 1. The first-order chi connectivity index (χ1) is 11.1. The number of pyridine rings is 1. The fourth-order valence-electron chi connectivity index (χ4n) is 2.63. The van der Waals surface area contributed by atoms with Gasteiger partial charge in [-0.05, 0) is 19.1 Å². The Hall–Kier alpha value is -2.48. The van der Waals surface area contributed by atoms with Crippen LogP contribution in [-0.4, -0.2) is 57.5 Å². The van der Waals surface area contributed by atoms with Gasteiger partial charge in [-0.3, -0.25) is 4.79 Å². The van der Waals surface area contributed by atoms with Crippen LogP contribution in [0.2, 0.25) is 0 Å². The van der Waals surface area contributed by atoms with Crippen molar-refractivity contribution in [2.75, 3.05) is 24.5 Å². The molecule has 1 aliphatic heterocycles. The minimum absolute atomic E-state index is 0.0268. The van der Waals surface area contributed by atoms with Gasteiger partial charge in [-0.2, -0.15) is 0 Å². The van der Waals surface area contributed by atoms with E-state index in [1.54, 1.807) is 23.0 Å². The van der Waals surface area contributed by atoms with Crippen LogP contribution in [0.3, 0.4) is 0 Å². The third-order valence-corrected chi connectivity index (χ3v) is 4.45. The van der Waals surface area contributed by atoms with Gasteiger partial charge in [-0.25, -0.2) is 14.8 Å². The molecule has 23 heavy (non-hydrogen) atoms. The number of nitrogens with zero attached hydrogens (tertiary/aromatic N) is 4. The summed E-state index contributed by atoms with van der Waals surface area (Å²) in [6, 6.07) is 3.27. The minimum Gasteiger partial charge on any atom is -0.478 e. The number of amides is 1. The summed E-state index contributed by atoms with van der Waals surface area (Å²) in [7, 11) is 0. The molecule has 3 rings (SSSR count). The van der Waals surface area contributed by atoms with E-state index in [0.717, 1.165) is 5.82 Å². The normalized spacial score (nSPS) is 18.0. The van der Waals surface area contributed by atoms with Crippen molar-refractivity contribution < 1.29 is 14.7 Å². The zero-order chi connectivity index (χ0) is 16.4. The predicted octanol–water partition coefficient (Wildman–Crippen LogP) is 1.59. The van der Waals surface area contributed by atoms with E-state index in [1.807, 2.05) is 11.8 Å². The van der Waals surface area contributed by atoms with Crippen LogP contribution in [0.4, 0.5) is 5.82 Å². The molecule has 0 radical (unpaired) electrons. The molecule has 0 aliphatic carbocycles. The molecule has 1 N–H and O–H groups in total. The molecular weight excluding hydrogens is 316 g/mol. The molecule has 0 bridgehead atoms. The van der Waals surface area contributed by atoms with E-state index in [1.165, 1.54) is 17.5 Å². The molecule has 1 fully saturated rings. The van der Waals surface area contributed by atoms with Crippen LogP contribution in [0.15, 0.2) is 29.2 Å². The largest absolute Gasteiger partial charge is 0.478 e. The Morgan fingerprint density at radius 2 is 2.13 bits per heavy atom. The second-order valence-electron chi connectivity index (χ2n) is 5.38. The lowest BCUT2D eigenvalue weighted by Crippen LogP contribution is -2.54. The van der Waals surface area contributed by atoms with E-state index in [0.29, 0.717) is 25.3 Å². The molecule has 1 saturated heterocycles. The Morgan fingerprint density at radius 3 is 2.70 bits per heavy atom. The van der Waals surface area contributed by atoms with Crippen molar-refractivity contribution >= 4 is 29.0 Å². The van der Waals surface area contributed by atoms with Crippen LogP contribution < -0.4 is 4.90 Å². The van der Waals surface area contributed by atoms with E-state index in [9.17, 15) is 9.59 Å². The lowest BCUT2D eigenvalue weighted by Gasteiger charge is -2.40. The van der Waals surface area contributed by atoms with Gasteiger partial charge in [0, 0.05) is 37.3 Å². The van der Waals surface area contributed by atoms with Gasteiger partial charge in [-0.1, -0.05) is 0 Å². The summed E-state index contributed by atoms with van der Waals surface area (Å²) in [5.74, 6) is -0.314. The summed E-state index contributed by atoms with van der Waals surface area (Å²) in [5, 5.41) is 10.7. The van der Waals surface area contributed by atoms with Crippen molar-refractivity contribution in [2.45, 2.75) is 13.0 Å². The van der Waals surface area contributed by atoms with Crippen molar-refractivity contribution in [1.82, 2.24) is 14.9 Å². The number of thiazole rings is 1. The molecule has 2 aromatic heterocycles. The number of hydrogen-bond donors (Lipinski definition) is 1. The van der Waals surface area contributed by atoms with Gasteiger partial charge in [-0.15, -0.1) is 11.3 Å².